The van der Waals surface area contributed by atoms with Gasteiger partial charge in [0.1, 0.15) is 0 Å². The van der Waals surface area contributed by atoms with Crippen molar-refractivity contribution in [2.75, 3.05) is 44.2 Å². The molecule has 0 spiro atoms. The predicted molar refractivity (Wildman–Crippen MR) is 76.1 cm³/mol. The summed E-state index contributed by atoms with van der Waals surface area (Å²) in [4.78, 5) is 5.57. The van der Waals surface area contributed by atoms with Crippen LogP contribution < -0.4 is 10.6 Å². The van der Waals surface area contributed by atoms with Crippen molar-refractivity contribution >= 4 is 18.3 Å². The third-order valence-corrected chi connectivity index (χ3v) is 3.62. The minimum absolute atomic E-state index is 0.658. The van der Waals surface area contributed by atoms with E-state index in [1.165, 1.54) is 0 Å². The van der Waals surface area contributed by atoms with Crippen LogP contribution in [-0.2, 0) is 0 Å². The van der Waals surface area contributed by atoms with Gasteiger partial charge in [-0.2, -0.15) is 5.26 Å². The van der Waals surface area contributed by atoms with Crippen molar-refractivity contribution in [3.63, 3.8) is 0 Å². The lowest BCUT2D eigenvalue weighted by molar-refractivity contribution is 0.264. The van der Waals surface area contributed by atoms with Gasteiger partial charge in [-0.25, -0.2) is 0 Å². The normalized spacial score (nSPS) is 16.6. The third kappa shape index (κ3) is 2.96. The molecule has 1 saturated heterocycles. The Morgan fingerprint density at radius 3 is 2.56 bits per heavy atom. The Bertz CT molecular complexity index is 447. The van der Waals surface area contributed by atoms with Crippen molar-refractivity contribution in [3.8, 4) is 6.07 Å². The molecule has 1 aromatic carbocycles. The summed E-state index contributed by atoms with van der Waals surface area (Å²) in [5, 5.41) is 8.84. The summed E-state index contributed by atoms with van der Waals surface area (Å²) < 4.78 is 0. The number of nitrogens with zero attached hydrogens (tertiary/aromatic N) is 3. The van der Waals surface area contributed by atoms with E-state index in [0.717, 1.165) is 43.3 Å². The maximum Gasteiger partial charge on any atom is 0.0992 e. The second-order valence-electron chi connectivity index (χ2n) is 4.43. The lowest BCUT2D eigenvalue weighted by Crippen LogP contribution is -2.47. The van der Waals surface area contributed by atoms with E-state index in [4.69, 9.17) is 11.0 Å². The molecular formula is C13H18N4S. The molecule has 18 heavy (non-hydrogen) atoms. The van der Waals surface area contributed by atoms with E-state index in [9.17, 15) is 0 Å². The Morgan fingerprint density at radius 1 is 1.28 bits per heavy atom. The Morgan fingerprint density at radius 2 is 2.00 bits per heavy atom. The molecule has 96 valence electrons. The summed E-state index contributed by atoms with van der Waals surface area (Å²) in [6.45, 7) is 5.72. The summed E-state index contributed by atoms with van der Waals surface area (Å²) >= 11 is 4.47. The van der Waals surface area contributed by atoms with Gasteiger partial charge in [0, 0.05) is 44.2 Å². The van der Waals surface area contributed by atoms with Crippen molar-refractivity contribution in [1.82, 2.24) is 4.90 Å². The summed E-state index contributed by atoms with van der Waals surface area (Å²) in [5.74, 6) is 0. The average Bonchev–Trinajstić information content (AvgIpc) is 2.40. The van der Waals surface area contributed by atoms with Crippen LogP contribution in [0.2, 0.25) is 0 Å². The molecule has 0 unspecified atom stereocenters. The fourth-order valence-electron chi connectivity index (χ4n) is 2.26. The van der Waals surface area contributed by atoms with E-state index >= 15 is 0 Å². The quantitative estimate of drug-likeness (QED) is 0.796. The highest BCUT2D eigenvalue weighted by molar-refractivity contribution is 7.80. The van der Waals surface area contributed by atoms with Gasteiger partial charge in [-0.05, 0) is 18.2 Å². The molecule has 5 heteroatoms. The number of anilines is 1. The van der Waals surface area contributed by atoms with Gasteiger partial charge in [0.05, 0.1) is 17.3 Å². The molecule has 0 atom stereocenters. The monoisotopic (exact) mass is 262 g/mol. The second-order valence-corrected chi connectivity index (χ2v) is 4.91. The van der Waals surface area contributed by atoms with Crippen LogP contribution in [-0.4, -0.2) is 44.2 Å². The SMILES string of the molecule is N#Cc1ccc(N2CCN(CCN)CC2)c(S)c1. The largest absolute Gasteiger partial charge is 0.368 e. The topological polar surface area (TPSA) is 56.3 Å². The molecule has 0 bridgehead atoms. The Labute approximate surface area is 113 Å². The van der Waals surface area contributed by atoms with E-state index in [2.05, 4.69) is 28.5 Å². The van der Waals surface area contributed by atoms with Crippen LogP contribution in [0.25, 0.3) is 0 Å². The molecule has 1 aliphatic heterocycles. The molecule has 1 heterocycles. The summed E-state index contributed by atoms with van der Waals surface area (Å²) in [5.41, 5.74) is 7.34. The number of benzene rings is 1. The molecule has 4 nitrogen and oxygen atoms in total. The molecule has 2 N–H and O–H groups in total. The standard InChI is InChI=1S/C13H18N4S/c14-3-4-16-5-7-17(8-6-16)12-2-1-11(10-15)9-13(12)18/h1-2,9,18H,3-8,14H2. The summed E-state index contributed by atoms with van der Waals surface area (Å²) in [6, 6.07) is 7.79. The Balaban J connectivity index is 2.04. The van der Waals surface area contributed by atoms with Crippen LogP contribution in [0.3, 0.4) is 0 Å². The first-order valence-corrected chi connectivity index (χ1v) is 6.60. The fraction of sp³-hybridized carbons (Fsp3) is 0.462. The lowest BCUT2D eigenvalue weighted by atomic mass is 10.2. The number of nitrogens with two attached hydrogens (primary N) is 1. The van der Waals surface area contributed by atoms with Crippen LogP contribution in [0.5, 0.6) is 0 Å². The van der Waals surface area contributed by atoms with Crippen molar-refractivity contribution < 1.29 is 0 Å². The lowest BCUT2D eigenvalue weighted by Gasteiger charge is -2.36. The van der Waals surface area contributed by atoms with E-state index < -0.39 is 0 Å². The van der Waals surface area contributed by atoms with Crippen LogP contribution >= 0.6 is 12.6 Å². The van der Waals surface area contributed by atoms with Gasteiger partial charge in [-0.15, -0.1) is 12.6 Å². The first kappa shape index (κ1) is 13.2. The van der Waals surface area contributed by atoms with Gasteiger partial charge in [0.2, 0.25) is 0 Å². The minimum Gasteiger partial charge on any atom is -0.368 e. The highest BCUT2D eigenvalue weighted by Gasteiger charge is 2.17. The first-order chi connectivity index (χ1) is 8.74. The van der Waals surface area contributed by atoms with Gasteiger partial charge in [0.15, 0.2) is 0 Å². The fourth-order valence-corrected chi connectivity index (χ4v) is 2.61. The molecule has 0 amide bonds. The molecule has 0 aromatic heterocycles. The van der Waals surface area contributed by atoms with Crippen molar-refractivity contribution in [3.05, 3.63) is 23.8 Å². The zero-order valence-corrected chi connectivity index (χ0v) is 11.2. The highest BCUT2D eigenvalue weighted by Crippen LogP contribution is 2.26. The number of rotatable bonds is 3. The van der Waals surface area contributed by atoms with Crippen LogP contribution in [0.4, 0.5) is 5.69 Å². The number of nitriles is 1. The molecule has 1 aromatic rings. The van der Waals surface area contributed by atoms with Crippen LogP contribution in [0.1, 0.15) is 5.56 Å². The Hall–Kier alpha value is -1.22. The maximum absolute atomic E-state index is 8.84. The van der Waals surface area contributed by atoms with Gasteiger partial charge in [0.25, 0.3) is 0 Å². The van der Waals surface area contributed by atoms with Gasteiger partial charge >= 0.3 is 0 Å². The number of piperazine rings is 1. The molecular weight excluding hydrogens is 244 g/mol. The Kier molecular flexibility index (Phi) is 4.48. The maximum atomic E-state index is 8.84. The van der Waals surface area contributed by atoms with E-state index in [0.29, 0.717) is 12.1 Å². The predicted octanol–water partition coefficient (Wildman–Crippen LogP) is 0.928. The van der Waals surface area contributed by atoms with Crippen molar-refractivity contribution in [2.24, 2.45) is 5.73 Å². The molecule has 0 radical (unpaired) electrons. The zero-order chi connectivity index (χ0) is 13.0. The molecule has 0 aliphatic carbocycles. The number of thiol groups is 1. The zero-order valence-electron chi connectivity index (χ0n) is 10.3. The minimum atomic E-state index is 0.658. The average molecular weight is 262 g/mol. The van der Waals surface area contributed by atoms with Crippen LogP contribution in [0.15, 0.2) is 23.1 Å². The van der Waals surface area contributed by atoms with Crippen molar-refractivity contribution in [1.29, 1.82) is 5.26 Å². The summed E-state index contributed by atoms with van der Waals surface area (Å²) in [6.07, 6.45) is 0. The van der Waals surface area contributed by atoms with E-state index in [1.54, 1.807) is 0 Å². The van der Waals surface area contributed by atoms with Gasteiger partial charge < -0.3 is 10.6 Å². The summed E-state index contributed by atoms with van der Waals surface area (Å²) in [7, 11) is 0. The molecule has 0 saturated carbocycles. The highest BCUT2D eigenvalue weighted by atomic mass is 32.1. The number of hydrogen-bond donors (Lipinski definition) is 2. The van der Waals surface area contributed by atoms with Gasteiger partial charge in [-0.1, -0.05) is 0 Å². The van der Waals surface area contributed by atoms with E-state index in [-0.39, 0.29) is 0 Å². The van der Waals surface area contributed by atoms with E-state index in [1.807, 2.05) is 18.2 Å². The van der Waals surface area contributed by atoms with Gasteiger partial charge in [-0.3, -0.25) is 4.90 Å². The van der Waals surface area contributed by atoms with Crippen molar-refractivity contribution in [2.45, 2.75) is 4.90 Å². The second kappa shape index (κ2) is 6.10. The smallest absolute Gasteiger partial charge is 0.0992 e. The number of hydrogen-bond acceptors (Lipinski definition) is 5. The van der Waals surface area contributed by atoms with Crippen LogP contribution in [0, 0.1) is 11.3 Å². The third-order valence-electron chi connectivity index (χ3n) is 3.26. The molecule has 1 fully saturated rings. The molecule has 2 rings (SSSR count). The first-order valence-electron chi connectivity index (χ1n) is 6.15. The molecule has 1 aliphatic rings.